The summed E-state index contributed by atoms with van der Waals surface area (Å²) in [6.45, 7) is 8.26. The molecule has 0 aromatic carbocycles. The van der Waals surface area contributed by atoms with Crippen LogP contribution in [0.4, 0.5) is 0 Å². The zero-order valence-corrected chi connectivity index (χ0v) is 12.0. The summed E-state index contributed by atoms with van der Waals surface area (Å²) in [5.74, 6) is 0.664. The van der Waals surface area contributed by atoms with Crippen molar-refractivity contribution in [1.82, 2.24) is 5.32 Å². The van der Waals surface area contributed by atoms with E-state index in [4.69, 9.17) is 4.74 Å². The predicted molar refractivity (Wildman–Crippen MR) is 70.0 cm³/mol. The van der Waals surface area contributed by atoms with Crippen LogP contribution in [0.15, 0.2) is 0 Å². The van der Waals surface area contributed by atoms with Gasteiger partial charge in [-0.05, 0) is 46.1 Å². The second-order valence-corrected chi connectivity index (χ2v) is 8.58. The summed E-state index contributed by atoms with van der Waals surface area (Å²) >= 11 is 0. The zero-order chi connectivity index (χ0) is 12.9. The Morgan fingerprint density at radius 2 is 2.06 bits per heavy atom. The van der Waals surface area contributed by atoms with Gasteiger partial charge in [-0.15, -0.1) is 0 Å². The Bertz CT molecular complexity index is 313. The Kier molecular flexibility index (Phi) is 5.41. The molecule has 4 nitrogen and oxygen atoms in total. The third kappa shape index (κ3) is 4.94. The first kappa shape index (κ1) is 14.9. The first-order valence-electron chi connectivity index (χ1n) is 6.34. The molecule has 0 radical (unpaired) electrons. The zero-order valence-electron chi connectivity index (χ0n) is 11.2. The number of hydrogen-bond donors (Lipinski definition) is 1. The lowest BCUT2D eigenvalue weighted by molar-refractivity contribution is 0.101. The van der Waals surface area contributed by atoms with E-state index in [0.717, 1.165) is 13.1 Å². The van der Waals surface area contributed by atoms with E-state index in [-0.39, 0.29) is 5.75 Å². The van der Waals surface area contributed by atoms with Crippen molar-refractivity contribution in [1.29, 1.82) is 0 Å². The molecule has 17 heavy (non-hydrogen) atoms. The molecule has 1 unspecified atom stereocenters. The van der Waals surface area contributed by atoms with Gasteiger partial charge in [0.25, 0.3) is 0 Å². The van der Waals surface area contributed by atoms with E-state index in [1.807, 2.05) is 0 Å². The van der Waals surface area contributed by atoms with Gasteiger partial charge in [-0.2, -0.15) is 0 Å². The minimum atomic E-state index is -3.04. The number of piperidine rings is 1. The fourth-order valence-corrected chi connectivity index (χ4v) is 2.74. The second kappa shape index (κ2) is 6.16. The van der Waals surface area contributed by atoms with E-state index in [9.17, 15) is 8.42 Å². The number of sulfone groups is 1. The van der Waals surface area contributed by atoms with Crippen LogP contribution >= 0.6 is 0 Å². The maximum absolute atomic E-state index is 11.8. The lowest BCUT2D eigenvalue weighted by Crippen LogP contribution is -2.34. The average molecular weight is 263 g/mol. The van der Waals surface area contributed by atoms with Crippen molar-refractivity contribution in [3.05, 3.63) is 0 Å². The Hall–Kier alpha value is -0.130. The smallest absolute Gasteiger partial charge is 0.157 e. The van der Waals surface area contributed by atoms with Gasteiger partial charge in [0.05, 0.1) is 23.7 Å². The lowest BCUT2D eigenvalue weighted by Gasteiger charge is -2.23. The second-order valence-electron chi connectivity index (χ2n) is 5.72. The van der Waals surface area contributed by atoms with E-state index in [1.165, 1.54) is 12.8 Å². The van der Waals surface area contributed by atoms with Crippen molar-refractivity contribution in [2.45, 2.75) is 38.4 Å². The standard InChI is InChI=1S/C12H25NO3S/c1-12(2,3)17(14,15)8-7-16-10-11-5-4-6-13-9-11/h11,13H,4-10H2,1-3H3. The van der Waals surface area contributed by atoms with Crippen LogP contribution in [0.2, 0.25) is 0 Å². The summed E-state index contributed by atoms with van der Waals surface area (Å²) in [6, 6.07) is 0. The van der Waals surface area contributed by atoms with Crippen molar-refractivity contribution < 1.29 is 13.2 Å². The van der Waals surface area contributed by atoms with E-state index in [1.54, 1.807) is 20.8 Å². The molecule has 1 atom stereocenters. The van der Waals surface area contributed by atoms with Gasteiger partial charge < -0.3 is 10.1 Å². The highest BCUT2D eigenvalue weighted by atomic mass is 32.2. The van der Waals surface area contributed by atoms with Crippen LogP contribution in [-0.4, -0.2) is 45.2 Å². The highest BCUT2D eigenvalue weighted by molar-refractivity contribution is 7.92. The molecule has 0 aromatic heterocycles. The van der Waals surface area contributed by atoms with Gasteiger partial charge in [0.1, 0.15) is 0 Å². The van der Waals surface area contributed by atoms with Crippen molar-refractivity contribution >= 4 is 9.84 Å². The van der Waals surface area contributed by atoms with Crippen LogP contribution in [0.5, 0.6) is 0 Å². The van der Waals surface area contributed by atoms with Crippen molar-refractivity contribution in [2.24, 2.45) is 5.92 Å². The fourth-order valence-electron chi connectivity index (χ4n) is 1.79. The minimum absolute atomic E-state index is 0.122. The molecule has 1 fully saturated rings. The molecular formula is C12H25NO3S. The Morgan fingerprint density at radius 3 is 2.59 bits per heavy atom. The van der Waals surface area contributed by atoms with Gasteiger partial charge in [-0.1, -0.05) is 0 Å². The fraction of sp³-hybridized carbons (Fsp3) is 1.00. The average Bonchev–Trinajstić information content (AvgIpc) is 2.24. The van der Waals surface area contributed by atoms with E-state index >= 15 is 0 Å². The molecule has 1 aliphatic heterocycles. The highest BCUT2D eigenvalue weighted by Gasteiger charge is 2.28. The van der Waals surface area contributed by atoms with Crippen LogP contribution < -0.4 is 5.32 Å². The summed E-state index contributed by atoms with van der Waals surface area (Å²) < 4.78 is 28.4. The molecular weight excluding hydrogens is 238 g/mol. The largest absolute Gasteiger partial charge is 0.380 e. The topological polar surface area (TPSA) is 55.4 Å². The molecule has 0 aromatic rings. The summed E-state index contributed by atoms with van der Waals surface area (Å²) in [4.78, 5) is 0. The highest BCUT2D eigenvalue weighted by Crippen LogP contribution is 2.16. The third-order valence-electron chi connectivity index (χ3n) is 3.18. The van der Waals surface area contributed by atoms with E-state index < -0.39 is 14.6 Å². The molecule has 1 saturated heterocycles. The monoisotopic (exact) mass is 263 g/mol. The van der Waals surface area contributed by atoms with Gasteiger partial charge in [0.2, 0.25) is 0 Å². The molecule has 0 aliphatic carbocycles. The van der Waals surface area contributed by atoms with E-state index in [2.05, 4.69) is 5.32 Å². The van der Waals surface area contributed by atoms with Gasteiger partial charge in [-0.25, -0.2) is 8.42 Å². The third-order valence-corrected chi connectivity index (χ3v) is 5.75. The van der Waals surface area contributed by atoms with Crippen LogP contribution in [0.25, 0.3) is 0 Å². The van der Waals surface area contributed by atoms with Gasteiger partial charge in [0, 0.05) is 6.54 Å². The summed E-state index contributed by atoms with van der Waals surface area (Å²) in [7, 11) is -3.04. The summed E-state index contributed by atoms with van der Waals surface area (Å²) in [5, 5.41) is 3.32. The van der Waals surface area contributed by atoms with Crippen LogP contribution in [0.3, 0.4) is 0 Å². The predicted octanol–water partition coefficient (Wildman–Crippen LogP) is 1.22. The molecule has 1 N–H and O–H groups in total. The number of rotatable bonds is 5. The Morgan fingerprint density at radius 1 is 1.35 bits per heavy atom. The summed E-state index contributed by atoms with van der Waals surface area (Å²) in [5.41, 5.74) is 0. The van der Waals surface area contributed by atoms with Gasteiger partial charge in [0.15, 0.2) is 9.84 Å². The number of hydrogen-bond acceptors (Lipinski definition) is 4. The lowest BCUT2D eigenvalue weighted by atomic mass is 10.0. The Balaban J connectivity index is 2.19. The number of ether oxygens (including phenoxy) is 1. The molecule has 1 aliphatic rings. The molecule has 0 saturated carbocycles. The molecule has 1 heterocycles. The van der Waals surface area contributed by atoms with Gasteiger partial charge >= 0.3 is 0 Å². The quantitative estimate of drug-likeness (QED) is 0.758. The molecule has 0 amide bonds. The number of nitrogens with one attached hydrogen (secondary N) is 1. The maximum Gasteiger partial charge on any atom is 0.157 e. The van der Waals surface area contributed by atoms with Crippen LogP contribution in [0, 0.1) is 5.92 Å². The Labute approximate surface area is 105 Å². The normalized spacial score (nSPS) is 22.6. The molecule has 0 bridgehead atoms. The first-order chi connectivity index (χ1) is 7.83. The van der Waals surface area contributed by atoms with Gasteiger partial charge in [-0.3, -0.25) is 0 Å². The summed E-state index contributed by atoms with van der Waals surface area (Å²) in [6.07, 6.45) is 2.37. The minimum Gasteiger partial charge on any atom is -0.380 e. The molecule has 102 valence electrons. The molecule has 1 rings (SSSR count). The van der Waals surface area contributed by atoms with Crippen molar-refractivity contribution in [3.63, 3.8) is 0 Å². The molecule has 5 heteroatoms. The SMILES string of the molecule is CC(C)(C)S(=O)(=O)CCOCC1CCCNC1. The maximum atomic E-state index is 11.8. The van der Waals surface area contributed by atoms with Crippen molar-refractivity contribution in [3.8, 4) is 0 Å². The van der Waals surface area contributed by atoms with E-state index in [0.29, 0.717) is 19.1 Å². The molecule has 0 spiro atoms. The van der Waals surface area contributed by atoms with Crippen LogP contribution in [-0.2, 0) is 14.6 Å². The van der Waals surface area contributed by atoms with Crippen LogP contribution in [0.1, 0.15) is 33.6 Å². The first-order valence-corrected chi connectivity index (χ1v) is 7.99. The van der Waals surface area contributed by atoms with Crippen molar-refractivity contribution in [2.75, 3.05) is 32.1 Å².